The van der Waals surface area contributed by atoms with Gasteiger partial charge in [-0.1, -0.05) is 0 Å². The Morgan fingerprint density at radius 1 is 1.27 bits per heavy atom. The summed E-state index contributed by atoms with van der Waals surface area (Å²) in [5.41, 5.74) is 0. The van der Waals surface area contributed by atoms with E-state index in [1.54, 1.807) is 0 Å². The Labute approximate surface area is 87.4 Å². The van der Waals surface area contributed by atoms with E-state index in [4.69, 9.17) is 4.74 Å². The zero-order valence-electron chi connectivity index (χ0n) is 8.57. The predicted octanol–water partition coefficient (Wildman–Crippen LogP) is 0.907. The molecule has 1 saturated heterocycles. The fourth-order valence-corrected chi connectivity index (χ4v) is 1.49. The standard InChI is InChI=1S/C9H17F3N2O/c10-9(11,12)7-14-5-6-15-8-1-3-13-4-2-8/h8,13-14H,1-7H2. The fraction of sp³-hybridized carbons (Fsp3) is 1.00. The minimum Gasteiger partial charge on any atom is -0.377 e. The van der Waals surface area contributed by atoms with Gasteiger partial charge in [-0.3, -0.25) is 0 Å². The Hall–Kier alpha value is -0.330. The molecule has 1 aliphatic heterocycles. The van der Waals surface area contributed by atoms with Gasteiger partial charge in [-0.15, -0.1) is 0 Å². The van der Waals surface area contributed by atoms with Crippen molar-refractivity contribution in [2.75, 3.05) is 32.8 Å². The van der Waals surface area contributed by atoms with Gasteiger partial charge in [0.15, 0.2) is 0 Å². The highest BCUT2D eigenvalue weighted by Gasteiger charge is 2.25. The van der Waals surface area contributed by atoms with Gasteiger partial charge < -0.3 is 15.4 Å². The SMILES string of the molecule is FC(F)(F)CNCCOC1CCNCC1. The fourth-order valence-electron chi connectivity index (χ4n) is 1.49. The minimum absolute atomic E-state index is 0.207. The van der Waals surface area contributed by atoms with Crippen molar-refractivity contribution in [1.82, 2.24) is 10.6 Å². The average molecular weight is 226 g/mol. The summed E-state index contributed by atoms with van der Waals surface area (Å²) in [6.07, 6.45) is -2.04. The number of hydrogen-bond donors (Lipinski definition) is 2. The van der Waals surface area contributed by atoms with Gasteiger partial charge in [-0.25, -0.2) is 0 Å². The van der Waals surface area contributed by atoms with Crippen LogP contribution in [0.1, 0.15) is 12.8 Å². The van der Waals surface area contributed by atoms with Crippen molar-refractivity contribution in [3.8, 4) is 0 Å². The van der Waals surface area contributed by atoms with Gasteiger partial charge in [-0.05, 0) is 25.9 Å². The lowest BCUT2D eigenvalue weighted by atomic mass is 10.1. The molecule has 0 radical (unpaired) electrons. The molecule has 1 rings (SSSR count). The first-order valence-corrected chi connectivity index (χ1v) is 5.18. The molecule has 0 bridgehead atoms. The molecule has 1 fully saturated rings. The molecule has 0 amide bonds. The van der Waals surface area contributed by atoms with Crippen molar-refractivity contribution in [1.29, 1.82) is 0 Å². The molecule has 90 valence electrons. The van der Waals surface area contributed by atoms with Gasteiger partial charge >= 0.3 is 6.18 Å². The van der Waals surface area contributed by atoms with E-state index in [0.29, 0.717) is 6.61 Å². The highest BCUT2D eigenvalue weighted by Crippen LogP contribution is 2.12. The lowest BCUT2D eigenvalue weighted by Crippen LogP contribution is -2.35. The van der Waals surface area contributed by atoms with Crippen LogP contribution in [0.3, 0.4) is 0 Å². The van der Waals surface area contributed by atoms with Gasteiger partial charge in [0.05, 0.1) is 19.3 Å². The molecule has 6 heteroatoms. The summed E-state index contributed by atoms with van der Waals surface area (Å²) in [7, 11) is 0. The van der Waals surface area contributed by atoms with E-state index >= 15 is 0 Å². The first-order valence-electron chi connectivity index (χ1n) is 5.18. The maximum atomic E-state index is 11.7. The van der Waals surface area contributed by atoms with Gasteiger partial charge in [-0.2, -0.15) is 13.2 Å². The monoisotopic (exact) mass is 226 g/mol. The molecule has 1 heterocycles. The van der Waals surface area contributed by atoms with E-state index < -0.39 is 12.7 Å². The van der Waals surface area contributed by atoms with Crippen LogP contribution in [0.2, 0.25) is 0 Å². The molecular weight excluding hydrogens is 209 g/mol. The number of hydrogen-bond acceptors (Lipinski definition) is 3. The van der Waals surface area contributed by atoms with Gasteiger partial charge in [0.1, 0.15) is 0 Å². The molecule has 0 unspecified atom stereocenters. The first kappa shape index (κ1) is 12.7. The normalized spacial score (nSPS) is 19.4. The maximum absolute atomic E-state index is 11.7. The highest BCUT2D eigenvalue weighted by atomic mass is 19.4. The number of ether oxygens (including phenoxy) is 1. The second-order valence-corrected chi connectivity index (χ2v) is 3.61. The molecular formula is C9H17F3N2O. The van der Waals surface area contributed by atoms with E-state index in [1.807, 2.05) is 0 Å². The summed E-state index contributed by atoms with van der Waals surface area (Å²) in [4.78, 5) is 0. The van der Waals surface area contributed by atoms with Crippen LogP contribution in [-0.2, 0) is 4.74 Å². The largest absolute Gasteiger partial charge is 0.401 e. The Balaban J connectivity index is 1.92. The summed E-state index contributed by atoms with van der Waals surface area (Å²) in [5.74, 6) is 0. The summed E-state index contributed by atoms with van der Waals surface area (Å²) < 4.78 is 40.6. The first-order chi connectivity index (χ1) is 7.08. The van der Waals surface area contributed by atoms with E-state index in [0.717, 1.165) is 25.9 Å². The molecule has 1 aliphatic rings. The minimum atomic E-state index is -4.13. The Morgan fingerprint density at radius 2 is 1.93 bits per heavy atom. The van der Waals surface area contributed by atoms with Crippen LogP contribution < -0.4 is 10.6 Å². The van der Waals surface area contributed by atoms with Crippen molar-refractivity contribution < 1.29 is 17.9 Å². The summed E-state index contributed by atoms with van der Waals surface area (Å²) in [5, 5.41) is 5.49. The second kappa shape index (κ2) is 6.30. The molecule has 2 N–H and O–H groups in total. The van der Waals surface area contributed by atoms with Crippen LogP contribution in [0.15, 0.2) is 0 Å². The van der Waals surface area contributed by atoms with E-state index in [-0.39, 0.29) is 12.6 Å². The summed E-state index contributed by atoms with van der Waals surface area (Å²) in [6, 6.07) is 0. The third-order valence-corrected chi connectivity index (χ3v) is 2.24. The van der Waals surface area contributed by atoms with Crippen molar-refractivity contribution in [2.45, 2.75) is 25.1 Å². The van der Waals surface area contributed by atoms with Crippen LogP contribution in [0.25, 0.3) is 0 Å². The van der Waals surface area contributed by atoms with Crippen LogP contribution in [0.5, 0.6) is 0 Å². The van der Waals surface area contributed by atoms with Crippen LogP contribution in [-0.4, -0.2) is 45.1 Å². The van der Waals surface area contributed by atoms with Crippen molar-refractivity contribution in [2.24, 2.45) is 0 Å². The van der Waals surface area contributed by atoms with E-state index in [2.05, 4.69) is 10.6 Å². The van der Waals surface area contributed by atoms with Gasteiger partial charge in [0, 0.05) is 6.54 Å². The third-order valence-electron chi connectivity index (χ3n) is 2.24. The topological polar surface area (TPSA) is 33.3 Å². The number of piperidine rings is 1. The third kappa shape index (κ3) is 6.70. The number of nitrogens with one attached hydrogen (secondary N) is 2. The molecule has 0 aromatic rings. The van der Waals surface area contributed by atoms with Crippen LogP contribution in [0.4, 0.5) is 13.2 Å². The molecule has 3 nitrogen and oxygen atoms in total. The smallest absolute Gasteiger partial charge is 0.377 e. The lowest BCUT2D eigenvalue weighted by molar-refractivity contribution is -0.125. The zero-order valence-corrected chi connectivity index (χ0v) is 8.57. The quantitative estimate of drug-likeness (QED) is 0.683. The lowest BCUT2D eigenvalue weighted by Gasteiger charge is -2.23. The number of alkyl halides is 3. The van der Waals surface area contributed by atoms with E-state index in [9.17, 15) is 13.2 Å². The molecule has 0 atom stereocenters. The molecule has 0 aliphatic carbocycles. The Morgan fingerprint density at radius 3 is 2.53 bits per heavy atom. The second-order valence-electron chi connectivity index (χ2n) is 3.61. The molecule has 15 heavy (non-hydrogen) atoms. The molecule has 0 aromatic carbocycles. The van der Waals surface area contributed by atoms with Crippen molar-refractivity contribution in [3.05, 3.63) is 0 Å². The number of halogens is 3. The maximum Gasteiger partial charge on any atom is 0.401 e. The van der Waals surface area contributed by atoms with Gasteiger partial charge in [0.2, 0.25) is 0 Å². The van der Waals surface area contributed by atoms with E-state index in [1.165, 1.54) is 0 Å². The molecule has 0 saturated carbocycles. The average Bonchev–Trinajstić information content (AvgIpc) is 2.17. The Kier molecular flexibility index (Phi) is 5.35. The zero-order chi connectivity index (χ0) is 11.1. The highest BCUT2D eigenvalue weighted by molar-refractivity contribution is 4.68. The van der Waals surface area contributed by atoms with Gasteiger partial charge in [0.25, 0.3) is 0 Å². The number of rotatable bonds is 5. The van der Waals surface area contributed by atoms with Crippen molar-refractivity contribution >= 4 is 0 Å². The summed E-state index contributed by atoms with van der Waals surface area (Å²) in [6.45, 7) is 1.52. The molecule has 0 aromatic heterocycles. The van der Waals surface area contributed by atoms with Crippen LogP contribution >= 0.6 is 0 Å². The van der Waals surface area contributed by atoms with Crippen LogP contribution in [0, 0.1) is 0 Å². The predicted molar refractivity (Wildman–Crippen MR) is 50.8 cm³/mol. The summed E-state index contributed by atoms with van der Waals surface area (Å²) >= 11 is 0. The Bertz CT molecular complexity index is 169. The van der Waals surface area contributed by atoms with Crippen molar-refractivity contribution in [3.63, 3.8) is 0 Å². The molecule has 0 spiro atoms.